The topological polar surface area (TPSA) is 58.6 Å². The molecule has 1 aromatic carbocycles. The maximum Gasteiger partial charge on any atom is 0.432 e. The summed E-state index contributed by atoms with van der Waals surface area (Å²) in [5, 5.41) is 3.41. The zero-order valence-corrected chi connectivity index (χ0v) is 13.7. The number of amides is 2. The fourth-order valence-electron chi connectivity index (χ4n) is 2.45. The maximum absolute atomic E-state index is 13.4. The van der Waals surface area contributed by atoms with Gasteiger partial charge in [0, 0.05) is 5.54 Å². The molecule has 0 saturated carbocycles. The van der Waals surface area contributed by atoms with Gasteiger partial charge in [0.25, 0.3) is 5.91 Å². The minimum absolute atomic E-state index is 0.0147. The van der Waals surface area contributed by atoms with Gasteiger partial charge in [0.1, 0.15) is 0 Å². The summed E-state index contributed by atoms with van der Waals surface area (Å²) in [6, 6.07) is 1.58. The Morgan fingerprint density at radius 2 is 1.83 bits per heavy atom. The number of hydrogen-bond donors (Lipinski definition) is 1. The summed E-state index contributed by atoms with van der Waals surface area (Å²) in [6.45, 7) is 5.43. The molecule has 1 aliphatic heterocycles. The number of hydroxylamine groups is 2. The molecule has 132 valence electrons. The molecule has 1 saturated heterocycles. The van der Waals surface area contributed by atoms with Crippen LogP contribution >= 0.6 is 0 Å². The van der Waals surface area contributed by atoms with Gasteiger partial charge in [-0.3, -0.25) is 4.79 Å². The smallest absolute Gasteiger partial charge is 0.319 e. The van der Waals surface area contributed by atoms with E-state index in [0.717, 1.165) is 17.2 Å². The Morgan fingerprint density at radius 3 is 2.38 bits per heavy atom. The molecule has 1 heterocycles. The van der Waals surface area contributed by atoms with Crippen molar-refractivity contribution >= 4 is 12.0 Å². The molecule has 2 amide bonds. The summed E-state index contributed by atoms with van der Waals surface area (Å²) in [4.78, 5) is 29.2. The van der Waals surface area contributed by atoms with Gasteiger partial charge in [-0.15, -0.1) is 0 Å². The third-order valence-electron chi connectivity index (χ3n) is 3.48. The lowest BCUT2D eigenvalue weighted by Gasteiger charge is -2.31. The molecule has 1 aliphatic rings. The summed E-state index contributed by atoms with van der Waals surface area (Å²) < 4.78 is 39.8. The van der Waals surface area contributed by atoms with Crippen LogP contribution in [0.1, 0.15) is 45.1 Å². The molecular weight excluding hydrogens is 325 g/mol. The molecule has 8 heteroatoms. The van der Waals surface area contributed by atoms with E-state index in [4.69, 9.17) is 4.84 Å². The standard InChI is InChI=1S/C16H19F3N2O3/c1-16(2,3)20-15(23)24-21-6-4-5-10(14(21)22)9-7-11(17)13(19)12(18)8-9/h7-8,10H,4-6H2,1-3H3,(H,20,23). The number of nitrogens with zero attached hydrogens (tertiary/aromatic N) is 1. The molecule has 0 spiro atoms. The predicted molar refractivity (Wildman–Crippen MR) is 79.4 cm³/mol. The van der Waals surface area contributed by atoms with Gasteiger partial charge in [-0.05, 0) is 51.3 Å². The van der Waals surface area contributed by atoms with Crippen molar-refractivity contribution in [3.8, 4) is 0 Å². The van der Waals surface area contributed by atoms with Crippen LogP contribution in [0.2, 0.25) is 0 Å². The first-order valence-electron chi connectivity index (χ1n) is 7.54. The van der Waals surface area contributed by atoms with Crippen LogP contribution in [0.4, 0.5) is 18.0 Å². The SMILES string of the molecule is CC(C)(C)NC(=O)ON1CCCC(c2cc(F)c(F)c(F)c2)C1=O. The zero-order chi connectivity index (χ0) is 18.1. The largest absolute Gasteiger partial charge is 0.432 e. The maximum atomic E-state index is 13.4. The summed E-state index contributed by atoms with van der Waals surface area (Å²) in [6.07, 6.45) is -0.00263. The molecule has 5 nitrogen and oxygen atoms in total. The van der Waals surface area contributed by atoms with Crippen LogP contribution in [0, 0.1) is 17.5 Å². The highest BCUT2D eigenvalue weighted by atomic mass is 19.2. The van der Waals surface area contributed by atoms with Crippen LogP contribution in [0.15, 0.2) is 12.1 Å². The quantitative estimate of drug-likeness (QED) is 0.838. The lowest BCUT2D eigenvalue weighted by Crippen LogP contribution is -2.47. The third kappa shape index (κ3) is 4.18. The Hall–Kier alpha value is -2.25. The van der Waals surface area contributed by atoms with Crippen molar-refractivity contribution in [2.24, 2.45) is 0 Å². The van der Waals surface area contributed by atoms with Crippen LogP contribution in [-0.2, 0) is 9.63 Å². The average Bonchev–Trinajstić information content (AvgIpc) is 2.44. The number of carbonyl (C=O) groups excluding carboxylic acids is 2. The molecule has 1 fully saturated rings. The molecule has 0 aromatic heterocycles. The number of carbonyl (C=O) groups is 2. The molecule has 1 aromatic rings. The van der Waals surface area contributed by atoms with E-state index < -0.39 is 40.9 Å². The van der Waals surface area contributed by atoms with Gasteiger partial charge in [0.15, 0.2) is 17.5 Å². The van der Waals surface area contributed by atoms with Gasteiger partial charge in [0.05, 0.1) is 12.5 Å². The van der Waals surface area contributed by atoms with Gasteiger partial charge >= 0.3 is 6.09 Å². The van der Waals surface area contributed by atoms with Crippen molar-refractivity contribution in [2.75, 3.05) is 6.54 Å². The van der Waals surface area contributed by atoms with E-state index in [-0.39, 0.29) is 12.1 Å². The average molecular weight is 344 g/mol. The Balaban J connectivity index is 2.14. The molecule has 1 atom stereocenters. The number of nitrogens with one attached hydrogen (secondary N) is 1. The highest BCUT2D eigenvalue weighted by molar-refractivity contribution is 5.85. The van der Waals surface area contributed by atoms with E-state index in [1.54, 1.807) is 20.8 Å². The van der Waals surface area contributed by atoms with Crippen LogP contribution < -0.4 is 5.32 Å². The summed E-state index contributed by atoms with van der Waals surface area (Å²) >= 11 is 0. The van der Waals surface area contributed by atoms with E-state index in [9.17, 15) is 22.8 Å². The molecule has 2 rings (SSSR count). The lowest BCUT2D eigenvalue weighted by molar-refractivity contribution is -0.172. The Bertz CT molecular complexity index is 635. The highest BCUT2D eigenvalue weighted by Gasteiger charge is 2.34. The first kappa shape index (κ1) is 18.1. The summed E-state index contributed by atoms with van der Waals surface area (Å²) in [5.41, 5.74) is -0.528. The number of hydrogen-bond acceptors (Lipinski definition) is 3. The van der Waals surface area contributed by atoms with Gasteiger partial charge < -0.3 is 10.2 Å². The molecule has 0 bridgehead atoms. The van der Waals surface area contributed by atoms with Crippen LogP contribution in [0.3, 0.4) is 0 Å². The summed E-state index contributed by atoms with van der Waals surface area (Å²) in [7, 11) is 0. The number of benzene rings is 1. The number of rotatable bonds is 2. The number of piperidine rings is 1. The lowest BCUT2D eigenvalue weighted by atomic mass is 9.90. The predicted octanol–water partition coefficient (Wildman–Crippen LogP) is 3.25. The van der Waals surface area contributed by atoms with Crippen LogP contribution in [0.5, 0.6) is 0 Å². The molecule has 0 radical (unpaired) electrons. The molecule has 1 N–H and O–H groups in total. The summed E-state index contributed by atoms with van der Waals surface area (Å²) in [5.74, 6) is -5.80. The second kappa shape index (κ2) is 6.70. The molecule has 1 unspecified atom stereocenters. The van der Waals surface area contributed by atoms with Crippen molar-refractivity contribution < 1.29 is 27.6 Å². The fraction of sp³-hybridized carbons (Fsp3) is 0.500. The first-order valence-corrected chi connectivity index (χ1v) is 7.54. The Kier molecular flexibility index (Phi) is 5.05. The first-order chi connectivity index (χ1) is 11.1. The Labute approximate surface area is 137 Å². The van der Waals surface area contributed by atoms with Crippen molar-refractivity contribution in [3.63, 3.8) is 0 Å². The second-order valence-electron chi connectivity index (χ2n) is 6.69. The molecular formula is C16H19F3N2O3. The van der Waals surface area contributed by atoms with Crippen molar-refractivity contribution in [1.29, 1.82) is 0 Å². The van der Waals surface area contributed by atoms with Crippen LogP contribution in [0.25, 0.3) is 0 Å². The molecule has 24 heavy (non-hydrogen) atoms. The van der Waals surface area contributed by atoms with E-state index in [2.05, 4.69) is 5.32 Å². The van der Waals surface area contributed by atoms with E-state index in [1.807, 2.05) is 0 Å². The monoisotopic (exact) mass is 344 g/mol. The van der Waals surface area contributed by atoms with Crippen molar-refractivity contribution in [2.45, 2.75) is 45.1 Å². The van der Waals surface area contributed by atoms with Gasteiger partial charge in [-0.25, -0.2) is 18.0 Å². The van der Waals surface area contributed by atoms with Crippen LogP contribution in [-0.4, -0.2) is 29.1 Å². The van der Waals surface area contributed by atoms with E-state index in [0.29, 0.717) is 12.8 Å². The Morgan fingerprint density at radius 1 is 1.25 bits per heavy atom. The second-order valence-corrected chi connectivity index (χ2v) is 6.69. The minimum atomic E-state index is -1.58. The van der Waals surface area contributed by atoms with E-state index in [1.165, 1.54) is 0 Å². The normalized spacial score (nSPS) is 18.5. The van der Waals surface area contributed by atoms with Crippen molar-refractivity contribution in [1.82, 2.24) is 10.4 Å². The zero-order valence-electron chi connectivity index (χ0n) is 13.7. The molecule has 0 aliphatic carbocycles. The van der Waals surface area contributed by atoms with Crippen molar-refractivity contribution in [3.05, 3.63) is 35.1 Å². The fourth-order valence-corrected chi connectivity index (χ4v) is 2.45. The van der Waals surface area contributed by atoms with Gasteiger partial charge in [0.2, 0.25) is 0 Å². The minimum Gasteiger partial charge on any atom is -0.319 e. The highest BCUT2D eigenvalue weighted by Crippen LogP contribution is 2.30. The van der Waals surface area contributed by atoms with Gasteiger partial charge in [-0.2, -0.15) is 5.06 Å². The number of halogens is 3. The van der Waals surface area contributed by atoms with E-state index >= 15 is 0 Å². The van der Waals surface area contributed by atoms with Gasteiger partial charge in [-0.1, -0.05) is 0 Å². The third-order valence-corrected chi connectivity index (χ3v) is 3.48.